The number of piperidine rings is 1. The number of hydrogen-bond donors (Lipinski definition) is 4. The second kappa shape index (κ2) is 51.3. The summed E-state index contributed by atoms with van der Waals surface area (Å²) >= 11 is 0. The van der Waals surface area contributed by atoms with Crippen LogP contribution in [0.2, 0.25) is 0 Å². The number of Topliss-reactive ketones (excluding diaryl/α,β-unsaturated/α-hetero) is 3. The molecule has 147 heavy (non-hydrogen) atoms. The third-order valence-electron chi connectivity index (χ3n) is 37.5. The Balaban J connectivity index is 0.000000842. The van der Waals surface area contributed by atoms with Gasteiger partial charge in [0.1, 0.15) is 22.9 Å². The largest absolute Gasteiger partial charge is 0.393 e. The minimum Gasteiger partial charge on any atom is -0.393 e. The topological polar surface area (TPSA) is 196 Å². The molecule has 8 fully saturated rings. The minimum atomic E-state index is -0.393. The number of aliphatic hydroxyl groups excluding tert-OH is 2. The number of nitrogens with zero attached hydrogens (tertiary/aromatic N) is 9. The molecule has 19 nitrogen and oxygen atoms in total. The Hall–Kier alpha value is -2.98. The molecule has 19 heteroatoms. The summed E-state index contributed by atoms with van der Waals surface area (Å²) in [5.41, 5.74) is 0.798. The van der Waals surface area contributed by atoms with Gasteiger partial charge in [0.05, 0.1) is 12.2 Å². The molecule has 8 aliphatic rings. The predicted octanol–water partition coefficient (Wildman–Crippen LogP) is 30.3. The second-order valence-electron chi connectivity index (χ2n) is 61.1. The van der Waals surface area contributed by atoms with E-state index in [1.807, 2.05) is 0 Å². The van der Waals surface area contributed by atoms with E-state index in [0.29, 0.717) is 55.5 Å². The molecule has 0 saturated carbocycles. The standard InChI is InChI=1S/C20H40N2O.C18H37NO.C18H35NO.C16H31NO.C15H30N2O.C14H29NO.C14H27NO.C13H26N2O/c1-11-19(12-2)15-21(17(5,6)7)16(23)20(13-3,14-4)22(19)18(8,9)10;2*1-8-17(9-2)13-12-15(20)14-18(10-3,11-4)19(17)16(5,6)7;1-9-15(7)11-13(18)12(3)16(8,10-2)17(15)14(4,5)6;1-8-14(6)10-12(18)16-11-15(7,9-2)17(14)13(3,4)5;2*1-12(2,3)15-13(4,5)9-8-11(16)10-14(15,6)7;1-11(2,3)15-12(4,5)8-10(16)14-9-13(15,6)7/h11-15H2,1-10H3;15,20H,8-14H2,1-7H3;8-14H2,1-7H3;12H,9-11H2,1-8H3;8-11H2,1-7H3,(H,16,18);11,16H,8-10H2,1-7H3;8-10H2,1-7H3;8-9H2,1-7H3,(H,14,16). The molecular formula is C128H255N11O8. The minimum absolute atomic E-state index is 0.00734. The van der Waals surface area contributed by atoms with Crippen molar-refractivity contribution in [2.45, 2.75) is 765 Å². The third kappa shape index (κ3) is 33.6. The van der Waals surface area contributed by atoms with E-state index in [0.717, 1.165) is 174 Å². The Kier molecular flexibility index (Phi) is 49.6. The van der Waals surface area contributed by atoms with Gasteiger partial charge in [-0.15, -0.1) is 0 Å². The number of aliphatic hydroxyl groups is 2. The molecule has 3 amide bonds. The maximum Gasteiger partial charge on any atom is 0.243 e. The van der Waals surface area contributed by atoms with Crippen molar-refractivity contribution in [2.24, 2.45) is 5.92 Å². The van der Waals surface area contributed by atoms with Gasteiger partial charge < -0.3 is 25.7 Å². The summed E-state index contributed by atoms with van der Waals surface area (Å²) in [5.74, 6) is 2.10. The van der Waals surface area contributed by atoms with Crippen LogP contribution in [0.5, 0.6) is 0 Å². The lowest BCUT2D eigenvalue weighted by atomic mass is 9.66. The van der Waals surface area contributed by atoms with Crippen molar-refractivity contribution < 1.29 is 39.0 Å². The van der Waals surface area contributed by atoms with Crippen LogP contribution in [0.25, 0.3) is 0 Å². The Morgan fingerprint density at radius 1 is 0.272 bits per heavy atom. The number of nitrogens with one attached hydrogen (secondary N) is 2. The van der Waals surface area contributed by atoms with E-state index in [1.165, 1.54) is 12.8 Å². The smallest absolute Gasteiger partial charge is 0.243 e. The van der Waals surface area contributed by atoms with Crippen LogP contribution >= 0.6 is 0 Å². The Morgan fingerprint density at radius 3 is 0.959 bits per heavy atom. The number of piperazine rings is 1. The number of rotatable bonds is 16. The van der Waals surface area contributed by atoms with Crippen molar-refractivity contribution >= 4 is 35.1 Å². The fraction of sp³-hybridized carbons (Fsp3) is 0.953. The van der Waals surface area contributed by atoms with Gasteiger partial charge in [0.2, 0.25) is 17.7 Å². The summed E-state index contributed by atoms with van der Waals surface area (Å²) in [6.45, 7) is 137. The first kappa shape index (κ1) is 142. The zero-order valence-corrected chi connectivity index (χ0v) is 110. The maximum absolute atomic E-state index is 13.6. The first-order valence-corrected chi connectivity index (χ1v) is 60.0. The summed E-state index contributed by atoms with van der Waals surface area (Å²) < 4.78 is 0. The number of ketones is 3. The van der Waals surface area contributed by atoms with Crippen LogP contribution in [-0.4, -0.2) is 260 Å². The van der Waals surface area contributed by atoms with Gasteiger partial charge in [-0.2, -0.15) is 0 Å². The van der Waals surface area contributed by atoms with Crippen LogP contribution in [0.3, 0.4) is 0 Å². The second-order valence-corrected chi connectivity index (χ2v) is 61.1. The fourth-order valence-electron chi connectivity index (χ4n) is 33.6. The molecule has 870 valence electrons. The molecule has 0 radical (unpaired) electrons. The first-order chi connectivity index (χ1) is 65.8. The molecule has 0 bridgehead atoms. The highest BCUT2D eigenvalue weighted by Gasteiger charge is 2.63. The molecule has 0 spiro atoms. The van der Waals surface area contributed by atoms with Crippen LogP contribution in [0.15, 0.2) is 0 Å². The molecule has 0 aliphatic carbocycles. The lowest BCUT2D eigenvalue weighted by Crippen LogP contribution is -2.79. The van der Waals surface area contributed by atoms with Crippen LogP contribution in [0, 0.1) is 5.92 Å². The number of amides is 3. The summed E-state index contributed by atoms with van der Waals surface area (Å²) in [4.78, 5) is 97.0. The zero-order valence-electron chi connectivity index (χ0n) is 110. The van der Waals surface area contributed by atoms with Gasteiger partial charge in [0.25, 0.3) is 0 Å². The van der Waals surface area contributed by atoms with E-state index >= 15 is 0 Å². The average Bonchev–Trinajstić information content (AvgIpc) is 0.942. The van der Waals surface area contributed by atoms with Crippen molar-refractivity contribution in [1.29, 1.82) is 0 Å². The highest BCUT2D eigenvalue weighted by atomic mass is 16.3. The van der Waals surface area contributed by atoms with Crippen molar-refractivity contribution in [2.75, 3.05) is 19.6 Å². The van der Waals surface area contributed by atoms with Crippen LogP contribution in [-0.2, 0) is 28.8 Å². The molecule has 8 aliphatic heterocycles. The normalized spacial score (nSPS) is 28.7. The number of likely N-dealkylation sites (tertiary alicyclic amines) is 5. The van der Waals surface area contributed by atoms with Crippen molar-refractivity contribution in [3.63, 3.8) is 0 Å². The first-order valence-electron chi connectivity index (χ1n) is 60.0. The van der Waals surface area contributed by atoms with Gasteiger partial charge in [-0.05, 0) is 452 Å². The fourth-order valence-corrected chi connectivity index (χ4v) is 33.6. The summed E-state index contributed by atoms with van der Waals surface area (Å²) in [5, 5.41) is 26.6. The van der Waals surface area contributed by atoms with Gasteiger partial charge in [0, 0.05) is 203 Å². The summed E-state index contributed by atoms with van der Waals surface area (Å²) in [6.07, 6.45) is 29.3. The molecule has 8 saturated heterocycles. The monoisotopic (exact) mass is 2070 g/mol. The molecule has 7 unspecified atom stereocenters. The van der Waals surface area contributed by atoms with Gasteiger partial charge >= 0.3 is 0 Å². The third-order valence-corrected chi connectivity index (χ3v) is 37.5. The molecule has 4 N–H and O–H groups in total. The highest BCUT2D eigenvalue weighted by Crippen LogP contribution is 2.55. The molecule has 8 heterocycles. The molecule has 7 atom stereocenters. The van der Waals surface area contributed by atoms with E-state index in [1.54, 1.807) is 0 Å². The molecule has 0 aromatic heterocycles. The quantitative estimate of drug-likeness (QED) is 0.114. The lowest BCUT2D eigenvalue weighted by Gasteiger charge is -2.65. The Labute approximate surface area is 914 Å². The van der Waals surface area contributed by atoms with E-state index < -0.39 is 5.54 Å². The van der Waals surface area contributed by atoms with Crippen LogP contribution in [0.1, 0.15) is 614 Å². The van der Waals surface area contributed by atoms with Gasteiger partial charge in [-0.3, -0.25) is 68.0 Å². The maximum atomic E-state index is 13.6. The highest BCUT2D eigenvalue weighted by molar-refractivity contribution is 5.88. The number of carbonyl (C=O) groups excluding carboxylic acids is 6. The van der Waals surface area contributed by atoms with E-state index in [4.69, 9.17) is 0 Å². The predicted molar refractivity (Wildman–Crippen MR) is 635 cm³/mol. The van der Waals surface area contributed by atoms with Gasteiger partial charge in [-0.25, -0.2) is 0 Å². The van der Waals surface area contributed by atoms with Gasteiger partial charge in [-0.1, -0.05) is 118 Å². The number of hydrogen-bond acceptors (Lipinski definition) is 16. The van der Waals surface area contributed by atoms with E-state index in [2.05, 4.69) is 470 Å². The van der Waals surface area contributed by atoms with Crippen LogP contribution in [0.4, 0.5) is 0 Å². The van der Waals surface area contributed by atoms with Crippen molar-refractivity contribution in [3.8, 4) is 0 Å². The molecule has 0 aromatic carbocycles. The molecule has 0 aromatic rings. The Bertz CT molecular complexity index is 3990. The molecule has 8 rings (SSSR count). The SMILES string of the molecule is CC(C)(C)N1C(C)(C)CCC(=O)CC1(C)C.CC(C)(C)N1C(C)(C)CCC(O)CC1(C)C.CC(C)(C)N1C(C)(C)CNC(=O)CC1(C)C.CCC1(C)CC(=O)C(C)C(C)(CC)N1C(C)(C)C.CCC1(C)CNC(=O)CC(C)(CC)N1C(C)(C)C.CCC1(CC)CCC(=O)CC(CC)(CC)N1C(C)(C)C.CCC1(CC)CCC(O)CC(CC)(CC)N1C(C)(C)C.CCC1(CC)CN(C(C)(C)C)C(=O)C(CC)(CC)N1C(C)(C)C. The summed E-state index contributed by atoms with van der Waals surface area (Å²) in [7, 11) is 0. The molecular weight excluding hydrogens is 1820 g/mol. The van der Waals surface area contributed by atoms with E-state index in [9.17, 15) is 39.0 Å². The van der Waals surface area contributed by atoms with Crippen LogP contribution < -0.4 is 10.6 Å². The Morgan fingerprint density at radius 2 is 0.592 bits per heavy atom. The van der Waals surface area contributed by atoms with E-state index in [-0.39, 0.29) is 163 Å². The number of carbonyl (C=O) groups is 6. The van der Waals surface area contributed by atoms with Crippen molar-refractivity contribution in [1.82, 2.24) is 54.7 Å². The van der Waals surface area contributed by atoms with Crippen molar-refractivity contribution in [3.05, 3.63) is 0 Å². The van der Waals surface area contributed by atoms with Gasteiger partial charge in [0.15, 0.2) is 0 Å². The summed E-state index contributed by atoms with van der Waals surface area (Å²) in [6, 6.07) is 0. The zero-order chi connectivity index (χ0) is 116. The average molecular weight is 2080 g/mol. The lowest BCUT2D eigenvalue weighted by molar-refractivity contribution is -0.192.